The molecule has 0 bridgehead atoms. The number of nitrogens with zero attached hydrogens (tertiary/aromatic N) is 1. The van der Waals surface area contributed by atoms with Gasteiger partial charge < -0.3 is 9.72 Å². The first-order valence-corrected chi connectivity index (χ1v) is 5.48. The minimum atomic E-state index is -4.67. The van der Waals surface area contributed by atoms with Gasteiger partial charge in [-0.2, -0.15) is 13.2 Å². The van der Waals surface area contributed by atoms with Crippen LogP contribution in [0, 0.1) is 10.1 Å². The van der Waals surface area contributed by atoms with E-state index in [0.29, 0.717) is 11.8 Å². The quantitative estimate of drug-likeness (QED) is 0.690. The number of benzene rings is 1. The average molecular weight is 286 g/mol. The van der Waals surface area contributed by atoms with E-state index >= 15 is 0 Å². The van der Waals surface area contributed by atoms with Crippen LogP contribution in [0.4, 0.5) is 18.9 Å². The molecular weight excluding hydrogens is 277 g/mol. The zero-order valence-electron chi connectivity index (χ0n) is 9.98. The summed E-state index contributed by atoms with van der Waals surface area (Å²) in [6, 6.07) is 5.55. The van der Waals surface area contributed by atoms with Crippen LogP contribution in [0.15, 0.2) is 36.5 Å². The summed E-state index contributed by atoms with van der Waals surface area (Å²) in [6.45, 7) is -0.00847. The molecule has 1 aromatic heterocycles. The van der Waals surface area contributed by atoms with E-state index < -0.39 is 22.4 Å². The summed E-state index contributed by atoms with van der Waals surface area (Å²) in [4.78, 5) is 12.6. The van der Waals surface area contributed by atoms with Gasteiger partial charge in [-0.15, -0.1) is 0 Å². The number of H-pyrrole nitrogens is 1. The summed E-state index contributed by atoms with van der Waals surface area (Å²) in [5.41, 5.74) is -1.14. The second-order valence-corrected chi connectivity index (χ2v) is 3.95. The molecule has 20 heavy (non-hydrogen) atoms. The molecule has 0 amide bonds. The Labute approximate surface area is 111 Å². The smallest absolute Gasteiger partial charge is 0.416 e. The third-order valence-electron chi connectivity index (χ3n) is 2.49. The van der Waals surface area contributed by atoms with Crippen molar-refractivity contribution < 1.29 is 22.8 Å². The van der Waals surface area contributed by atoms with Gasteiger partial charge in [0, 0.05) is 12.3 Å². The van der Waals surface area contributed by atoms with Crippen LogP contribution < -0.4 is 4.74 Å². The van der Waals surface area contributed by atoms with E-state index in [-0.39, 0.29) is 12.4 Å². The predicted molar refractivity (Wildman–Crippen MR) is 63.2 cm³/mol. The van der Waals surface area contributed by atoms with Gasteiger partial charge in [-0.25, -0.2) is 0 Å². The number of ether oxygens (including phenoxy) is 1. The number of nitro benzene ring substituents is 1. The molecule has 0 aliphatic rings. The normalized spacial score (nSPS) is 11.3. The fourth-order valence-electron chi connectivity index (χ4n) is 1.55. The van der Waals surface area contributed by atoms with E-state index in [0.717, 1.165) is 12.1 Å². The second kappa shape index (κ2) is 5.24. The summed E-state index contributed by atoms with van der Waals surface area (Å²) in [6.07, 6.45) is -3.04. The van der Waals surface area contributed by atoms with E-state index in [1.165, 1.54) is 0 Å². The zero-order valence-corrected chi connectivity index (χ0v) is 9.98. The lowest BCUT2D eigenvalue weighted by molar-refractivity contribution is -0.385. The Morgan fingerprint density at radius 1 is 1.30 bits per heavy atom. The highest BCUT2D eigenvalue weighted by atomic mass is 19.4. The molecule has 0 saturated carbocycles. The fourth-order valence-corrected chi connectivity index (χ4v) is 1.55. The highest BCUT2D eigenvalue weighted by molar-refractivity contribution is 5.43. The van der Waals surface area contributed by atoms with Gasteiger partial charge in [0.25, 0.3) is 5.69 Å². The highest BCUT2D eigenvalue weighted by Gasteiger charge is 2.33. The van der Waals surface area contributed by atoms with Crippen molar-refractivity contribution in [2.75, 3.05) is 0 Å². The summed E-state index contributed by atoms with van der Waals surface area (Å²) in [7, 11) is 0. The number of halogens is 3. The zero-order chi connectivity index (χ0) is 14.8. The van der Waals surface area contributed by atoms with Crippen molar-refractivity contribution >= 4 is 5.69 Å². The van der Waals surface area contributed by atoms with Crippen molar-refractivity contribution in [3.63, 3.8) is 0 Å². The van der Waals surface area contributed by atoms with Crippen molar-refractivity contribution in [2.45, 2.75) is 12.8 Å². The van der Waals surface area contributed by atoms with Gasteiger partial charge in [0.05, 0.1) is 22.2 Å². The van der Waals surface area contributed by atoms with Crippen molar-refractivity contribution in [1.29, 1.82) is 0 Å². The summed E-state index contributed by atoms with van der Waals surface area (Å²) < 4.78 is 43.1. The predicted octanol–water partition coefficient (Wildman–Crippen LogP) is 3.52. The first kappa shape index (κ1) is 13.9. The molecule has 1 aromatic carbocycles. The van der Waals surface area contributed by atoms with Gasteiger partial charge in [0.15, 0.2) is 0 Å². The van der Waals surface area contributed by atoms with Crippen molar-refractivity contribution in [3.05, 3.63) is 57.9 Å². The Morgan fingerprint density at radius 2 is 2.05 bits per heavy atom. The number of nitrogens with one attached hydrogen (secondary N) is 1. The minimum Gasteiger partial charge on any atom is -0.487 e. The monoisotopic (exact) mass is 286 g/mol. The molecule has 5 nitrogen and oxygen atoms in total. The van der Waals surface area contributed by atoms with Crippen LogP contribution in [0.2, 0.25) is 0 Å². The lowest BCUT2D eigenvalue weighted by Crippen LogP contribution is -2.07. The molecule has 0 spiro atoms. The van der Waals surface area contributed by atoms with Gasteiger partial charge in [-0.05, 0) is 18.2 Å². The topological polar surface area (TPSA) is 68.2 Å². The van der Waals surface area contributed by atoms with Crippen LogP contribution in [0.5, 0.6) is 5.75 Å². The highest BCUT2D eigenvalue weighted by Crippen LogP contribution is 2.34. The molecule has 0 unspecified atom stereocenters. The molecule has 0 fully saturated rings. The number of hydrogen-bond acceptors (Lipinski definition) is 3. The third kappa shape index (κ3) is 3.28. The number of nitro groups is 1. The molecule has 0 saturated heterocycles. The molecular formula is C12H9F3N2O3. The number of aromatic amines is 1. The summed E-state index contributed by atoms with van der Waals surface area (Å²) in [5, 5.41) is 10.6. The van der Waals surface area contributed by atoms with Crippen molar-refractivity contribution in [2.24, 2.45) is 0 Å². The van der Waals surface area contributed by atoms with Crippen LogP contribution in [0.25, 0.3) is 0 Å². The molecule has 0 atom stereocenters. The molecule has 0 aliphatic carbocycles. The Morgan fingerprint density at radius 3 is 2.60 bits per heavy atom. The number of non-ortho nitro benzene ring substituents is 1. The SMILES string of the molecule is O=[N+]([O-])c1cc(OCc2ccc[nH]2)cc(C(F)(F)F)c1. The van der Waals surface area contributed by atoms with Crippen LogP contribution in [0.1, 0.15) is 11.3 Å². The van der Waals surface area contributed by atoms with Crippen LogP contribution in [0.3, 0.4) is 0 Å². The van der Waals surface area contributed by atoms with Gasteiger partial charge in [0.1, 0.15) is 12.4 Å². The summed E-state index contributed by atoms with van der Waals surface area (Å²) >= 11 is 0. The molecule has 1 N–H and O–H groups in total. The lowest BCUT2D eigenvalue weighted by atomic mass is 10.2. The number of rotatable bonds is 4. The third-order valence-corrected chi connectivity index (χ3v) is 2.49. The Bertz CT molecular complexity index is 609. The molecule has 106 valence electrons. The van der Waals surface area contributed by atoms with E-state index in [1.54, 1.807) is 18.3 Å². The van der Waals surface area contributed by atoms with Gasteiger partial charge in [-0.1, -0.05) is 0 Å². The van der Waals surface area contributed by atoms with Crippen LogP contribution >= 0.6 is 0 Å². The first-order chi connectivity index (χ1) is 9.36. The van der Waals surface area contributed by atoms with Crippen molar-refractivity contribution in [3.8, 4) is 5.75 Å². The molecule has 2 aromatic rings. The maximum Gasteiger partial charge on any atom is 0.416 e. The fraction of sp³-hybridized carbons (Fsp3) is 0.167. The van der Waals surface area contributed by atoms with Gasteiger partial charge in [-0.3, -0.25) is 10.1 Å². The molecule has 1 heterocycles. The largest absolute Gasteiger partial charge is 0.487 e. The van der Waals surface area contributed by atoms with Crippen LogP contribution in [-0.4, -0.2) is 9.91 Å². The van der Waals surface area contributed by atoms with E-state index in [4.69, 9.17) is 4.74 Å². The molecule has 0 aliphatic heterocycles. The number of alkyl halides is 3. The van der Waals surface area contributed by atoms with E-state index in [2.05, 4.69) is 4.98 Å². The average Bonchev–Trinajstić information content (AvgIpc) is 2.88. The minimum absolute atomic E-state index is 0.00847. The molecule has 8 heteroatoms. The Balaban J connectivity index is 2.27. The first-order valence-electron chi connectivity index (χ1n) is 5.48. The van der Waals surface area contributed by atoms with E-state index in [9.17, 15) is 23.3 Å². The standard InChI is InChI=1S/C12H9F3N2O3/c13-12(14,15)8-4-10(17(18)19)6-11(5-8)20-7-9-2-1-3-16-9/h1-6,16H,7H2. The maximum atomic E-state index is 12.6. The maximum absolute atomic E-state index is 12.6. The summed E-state index contributed by atoms with van der Waals surface area (Å²) in [5.74, 6) is -0.207. The van der Waals surface area contributed by atoms with E-state index in [1.807, 2.05) is 0 Å². The lowest BCUT2D eigenvalue weighted by Gasteiger charge is -2.10. The Kier molecular flexibility index (Phi) is 3.64. The molecule has 0 radical (unpaired) electrons. The Hall–Kier alpha value is -2.51. The molecule has 2 rings (SSSR count). The van der Waals surface area contributed by atoms with Gasteiger partial charge in [0.2, 0.25) is 0 Å². The van der Waals surface area contributed by atoms with Crippen LogP contribution in [-0.2, 0) is 12.8 Å². The van der Waals surface area contributed by atoms with Crippen molar-refractivity contribution in [1.82, 2.24) is 4.98 Å². The second-order valence-electron chi connectivity index (χ2n) is 3.95. The number of hydrogen-bond donors (Lipinski definition) is 1. The van der Waals surface area contributed by atoms with Gasteiger partial charge >= 0.3 is 6.18 Å². The number of aromatic nitrogens is 1.